The summed E-state index contributed by atoms with van der Waals surface area (Å²) in [6.07, 6.45) is 11.0. The first-order valence-corrected chi connectivity index (χ1v) is 10.9. The van der Waals surface area contributed by atoms with Crippen LogP contribution >= 0.6 is 0 Å². The summed E-state index contributed by atoms with van der Waals surface area (Å²) in [5.41, 5.74) is -1.04. The van der Waals surface area contributed by atoms with Gasteiger partial charge in [-0.15, -0.1) is 0 Å². The van der Waals surface area contributed by atoms with Crippen LogP contribution in [0.4, 0.5) is 4.79 Å². The maximum Gasteiger partial charge on any atom is 0.326 e. The fourth-order valence-electron chi connectivity index (χ4n) is 4.78. The summed E-state index contributed by atoms with van der Waals surface area (Å²) in [4.78, 5) is 52.1. The summed E-state index contributed by atoms with van der Waals surface area (Å²) in [7, 11) is 0. The molecule has 3 rings (SSSR count). The van der Waals surface area contributed by atoms with Crippen molar-refractivity contribution in [2.24, 2.45) is 0 Å². The summed E-state index contributed by atoms with van der Waals surface area (Å²) < 4.78 is 5.19. The normalized spacial score (nSPS) is 22.3. The highest BCUT2D eigenvalue weighted by molar-refractivity contribution is 6.08. The number of amides is 4. The summed E-state index contributed by atoms with van der Waals surface area (Å²) in [6.45, 7) is 2.34. The molecule has 0 unspecified atom stereocenters. The molecule has 0 bridgehead atoms. The van der Waals surface area contributed by atoms with E-state index in [-0.39, 0.29) is 32.0 Å². The van der Waals surface area contributed by atoms with Crippen molar-refractivity contribution in [1.82, 2.24) is 15.1 Å². The molecule has 8 heteroatoms. The Labute approximate surface area is 179 Å². The van der Waals surface area contributed by atoms with Crippen LogP contribution in [-0.4, -0.2) is 64.4 Å². The van der Waals surface area contributed by atoms with Gasteiger partial charge in [0.2, 0.25) is 0 Å². The molecule has 4 amide bonds. The molecule has 1 heterocycles. The lowest BCUT2D eigenvalue weighted by molar-refractivity contribution is -0.156. The van der Waals surface area contributed by atoms with Crippen LogP contribution in [-0.2, 0) is 19.1 Å². The molecule has 0 spiro atoms. The van der Waals surface area contributed by atoms with E-state index in [4.69, 9.17) is 4.74 Å². The third-order valence-corrected chi connectivity index (χ3v) is 6.31. The summed E-state index contributed by atoms with van der Waals surface area (Å²) in [5, 5.41) is 2.52. The summed E-state index contributed by atoms with van der Waals surface area (Å²) >= 11 is 0. The SMILES string of the molecule is C.CC1(C)NC(=O)N(CC(=O)OCC(=O)N(C2CCCCC2)C2CCCCC2)C1=O. The molecule has 0 aromatic rings. The predicted molar refractivity (Wildman–Crippen MR) is 113 cm³/mol. The van der Waals surface area contributed by atoms with Crippen molar-refractivity contribution in [3.63, 3.8) is 0 Å². The van der Waals surface area contributed by atoms with Crippen LogP contribution in [0.2, 0.25) is 0 Å². The molecule has 1 N–H and O–H groups in total. The molecule has 30 heavy (non-hydrogen) atoms. The van der Waals surface area contributed by atoms with Crippen molar-refractivity contribution in [3.05, 3.63) is 0 Å². The van der Waals surface area contributed by atoms with Crippen molar-refractivity contribution >= 4 is 23.8 Å². The first kappa shape index (κ1) is 24.2. The minimum absolute atomic E-state index is 0. The van der Waals surface area contributed by atoms with Crippen LogP contribution in [0.1, 0.15) is 85.5 Å². The Morgan fingerprint density at radius 1 is 1.00 bits per heavy atom. The van der Waals surface area contributed by atoms with Crippen LogP contribution in [0.25, 0.3) is 0 Å². The van der Waals surface area contributed by atoms with Gasteiger partial charge in [0.1, 0.15) is 12.1 Å². The maximum atomic E-state index is 13.0. The second kappa shape index (κ2) is 10.3. The van der Waals surface area contributed by atoms with Gasteiger partial charge in [-0.3, -0.25) is 19.3 Å². The lowest BCUT2D eigenvalue weighted by Crippen LogP contribution is -2.50. The number of ether oxygens (including phenoxy) is 1. The van der Waals surface area contributed by atoms with Gasteiger partial charge >= 0.3 is 12.0 Å². The van der Waals surface area contributed by atoms with Gasteiger partial charge < -0.3 is 15.0 Å². The first-order valence-electron chi connectivity index (χ1n) is 10.9. The molecule has 3 aliphatic rings. The minimum atomic E-state index is -1.04. The number of rotatable bonds is 6. The fraction of sp³-hybridized carbons (Fsp3) is 0.818. The molecular weight excluding hydrogens is 386 g/mol. The monoisotopic (exact) mass is 423 g/mol. The number of hydrogen-bond donors (Lipinski definition) is 1. The smallest absolute Gasteiger partial charge is 0.326 e. The maximum absolute atomic E-state index is 13.0. The quantitative estimate of drug-likeness (QED) is 0.523. The number of nitrogens with one attached hydrogen (secondary N) is 1. The highest BCUT2D eigenvalue weighted by Gasteiger charge is 2.45. The average molecular weight is 424 g/mol. The van der Waals surface area contributed by atoms with Gasteiger partial charge in [-0.2, -0.15) is 0 Å². The molecule has 8 nitrogen and oxygen atoms in total. The minimum Gasteiger partial charge on any atom is -0.454 e. The van der Waals surface area contributed by atoms with Gasteiger partial charge in [0.25, 0.3) is 11.8 Å². The number of imide groups is 1. The Morgan fingerprint density at radius 2 is 1.50 bits per heavy atom. The molecular formula is C22H37N3O5. The van der Waals surface area contributed by atoms with Gasteiger partial charge in [0.05, 0.1) is 0 Å². The second-order valence-corrected chi connectivity index (χ2v) is 8.99. The zero-order valence-electron chi connectivity index (χ0n) is 17.6. The molecule has 1 saturated heterocycles. The van der Waals surface area contributed by atoms with E-state index >= 15 is 0 Å². The Balaban J connectivity index is 0.00000320. The molecule has 1 aliphatic heterocycles. The van der Waals surface area contributed by atoms with E-state index in [1.807, 2.05) is 4.90 Å². The van der Waals surface area contributed by atoms with Crippen molar-refractivity contribution in [3.8, 4) is 0 Å². The number of hydrogen-bond acceptors (Lipinski definition) is 5. The van der Waals surface area contributed by atoms with Crippen LogP contribution in [0.3, 0.4) is 0 Å². The van der Waals surface area contributed by atoms with E-state index in [1.54, 1.807) is 13.8 Å². The standard InChI is InChI=1S/C21H33N3O5.CH4/c1-21(2)19(27)23(20(28)22-21)13-18(26)29-14-17(25)24(15-9-5-3-6-10-15)16-11-7-4-8-12-16;/h15-16H,3-14H2,1-2H3,(H,22,28);1H4. The Hall–Kier alpha value is -2.12. The van der Waals surface area contributed by atoms with Gasteiger partial charge in [0, 0.05) is 12.1 Å². The largest absolute Gasteiger partial charge is 0.454 e. The van der Waals surface area contributed by atoms with E-state index in [1.165, 1.54) is 12.8 Å². The van der Waals surface area contributed by atoms with Crippen LogP contribution in [0.15, 0.2) is 0 Å². The Kier molecular flexibility index (Phi) is 8.26. The molecule has 170 valence electrons. The van der Waals surface area contributed by atoms with Crippen LogP contribution < -0.4 is 5.32 Å². The van der Waals surface area contributed by atoms with Crippen molar-refractivity contribution in [1.29, 1.82) is 0 Å². The number of carbonyl (C=O) groups excluding carboxylic acids is 4. The molecule has 0 radical (unpaired) electrons. The van der Waals surface area contributed by atoms with Gasteiger partial charge in [-0.1, -0.05) is 46.0 Å². The number of carbonyl (C=O) groups is 4. The van der Waals surface area contributed by atoms with Crippen LogP contribution in [0.5, 0.6) is 0 Å². The first-order chi connectivity index (χ1) is 13.8. The molecule has 2 aliphatic carbocycles. The average Bonchev–Trinajstić information content (AvgIpc) is 2.90. The van der Waals surface area contributed by atoms with Crippen molar-refractivity contribution < 1.29 is 23.9 Å². The van der Waals surface area contributed by atoms with E-state index in [9.17, 15) is 19.2 Å². The molecule has 0 aromatic heterocycles. The molecule has 2 saturated carbocycles. The van der Waals surface area contributed by atoms with Gasteiger partial charge in [-0.05, 0) is 39.5 Å². The molecule has 0 atom stereocenters. The third kappa shape index (κ3) is 5.52. The third-order valence-electron chi connectivity index (χ3n) is 6.31. The lowest BCUT2D eigenvalue weighted by atomic mass is 9.88. The Bertz CT molecular complexity index is 633. The predicted octanol–water partition coefficient (Wildman–Crippen LogP) is 2.99. The number of urea groups is 1. The zero-order chi connectivity index (χ0) is 21.0. The summed E-state index contributed by atoms with van der Waals surface area (Å²) in [5.74, 6) is -1.38. The Morgan fingerprint density at radius 3 is 1.93 bits per heavy atom. The van der Waals surface area contributed by atoms with Crippen molar-refractivity contribution in [2.45, 2.75) is 103 Å². The number of nitrogens with zero attached hydrogens (tertiary/aromatic N) is 2. The molecule has 3 fully saturated rings. The topological polar surface area (TPSA) is 96.0 Å². The van der Waals surface area contributed by atoms with E-state index < -0.39 is 30.0 Å². The van der Waals surface area contributed by atoms with E-state index in [0.717, 1.165) is 56.3 Å². The van der Waals surface area contributed by atoms with E-state index in [0.29, 0.717) is 0 Å². The number of esters is 1. The lowest BCUT2D eigenvalue weighted by Gasteiger charge is -2.41. The molecule has 0 aromatic carbocycles. The summed E-state index contributed by atoms with van der Waals surface area (Å²) in [6, 6.07) is -0.163. The fourth-order valence-corrected chi connectivity index (χ4v) is 4.78. The van der Waals surface area contributed by atoms with E-state index in [2.05, 4.69) is 5.32 Å². The second-order valence-electron chi connectivity index (χ2n) is 8.99. The van der Waals surface area contributed by atoms with Gasteiger partial charge in [0.15, 0.2) is 6.61 Å². The van der Waals surface area contributed by atoms with Gasteiger partial charge in [-0.25, -0.2) is 4.79 Å². The zero-order valence-corrected chi connectivity index (χ0v) is 17.6. The van der Waals surface area contributed by atoms with Crippen molar-refractivity contribution in [2.75, 3.05) is 13.2 Å². The highest BCUT2D eigenvalue weighted by Crippen LogP contribution is 2.30. The van der Waals surface area contributed by atoms with Crippen LogP contribution in [0, 0.1) is 0 Å². The highest BCUT2D eigenvalue weighted by atomic mass is 16.5.